The first-order valence-electron chi connectivity index (χ1n) is 10.6. The lowest BCUT2D eigenvalue weighted by molar-refractivity contribution is -0.000611. The van der Waals surface area contributed by atoms with Crippen LogP contribution in [0.25, 0.3) is 0 Å². The first kappa shape index (κ1) is 23.3. The average molecular weight is 414 g/mol. The van der Waals surface area contributed by atoms with Gasteiger partial charge in [0.2, 0.25) is 0 Å². The van der Waals surface area contributed by atoms with Crippen molar-refractivity contribution in [3.8, 4) is 6.07 Å². The lowest BCUT2D eigenvalue weighted by atomic mass is 9.97. The number of amides is 2. The minimum atomic E-state index is -0.591. The van der Waals surface area contributed by atoms with E-state index in [1.807, 2.05) is 19.1 Å². The summed E-state index contributed by atoms with van der Waals surface area (Å²) in [6, 6.07) is 9.05. The molecule has 1 aromatic rings. The number of unbranched alkanes of at least 4 members (excludes halogenated alkanes) is 2. The number of hydrogen-bond acceptors (Lipinski definition) is 5. The van der Waals surface area contributed by atoms with E-state index >= 15 is 0 Å². The van der Waals surface area contributed by atoms with Crippen molar-refractivity contribution in [1.82, 2.24) is 10.0 Å². The summed E-state index contributed by atoms with van der Waals surface area (Å²) < 4.78 is 10.5. The maximum atomic E-state index is 12.9. The maximum absolute atomic E-state index is 12.9. The normalized spacial score (nSPS) is 15.9. The minimum Gasteiger partial charge on any atom is -0.448 e. The first-order chi connectivity index (χ1) is 14.5. The number of ether oxygens (including phenoxy) is 2. The van der Waals surface area contributed by atoms with E-state index < -0.39 is 12.2 Å². The number of hydrazine groups is 1. The molecule has 0 saturated heterocycles. The van der Waals surface area contributed by atoms with Gasteiger partial charge in [0.1, 0.15) is 0 Å². The number of hydrogen-bond donors (Lipinski definition) is 0. The monoisotopic (exact) mass is 413 g/mol. The SMILES string of the molecule is CCCCCC1=C(Cc2ccc(C#N)cc2)N(C(=O)OCC)N(C(=O)OCC)[C@@H]1C. The molecule has 7 nitrogen and oxygen atoms in total. The predicted molar refractivity (Wildman–Crippen MR) is 113 cm³/mol. The van der Waals surface area contributed by atoms with E-state index in [9.17, 15) is 9.59 Å². The second-order valence-corrected chi connectivity index (χ2v) is 7.14. The molecular weight excluding hydrogens is 382 g/mol. The molecule has 1 aliphatic heterocycles. The number of benzene rings is 1. The second-order valence-electron chi connectivity index (χ2n) is 7.14. The van der Waals surface area contributed by atoms with Crippen molar-refractivity contribution in [3.63, 3.8) is 0 Å². The van der Waals surface area contributed by atoms with Gasteiger partial charge in [-0.1, -0.05) is 31.9 Å². The third kappa shape index (κ3) is 5.32. The molecule has 0 N–H and O–H groups in total. The highest BCUT2D eigenvalue weighted by molar-refractivity contribution is 5.78. The van der Waals surface area contributed by atoms with Gasteiger partial charge >= 0.3 is 12.2 Å². The molecule has 1 aromatic carbocycles. The fourth-order valence-corrected chi connectivity index (χ4v) is 3.64. The standard InChI is InChI=1S/C23H31N3O4/c1-5-8-9-10-20-17(4)25(22(27)29-6-2)26(23(28)30-7-3)21(20)15-18-11-13-19(16-24)14-12-18/h11-14,17H,5-10,15H2,1-4H3/t17-/m1/s1. The van der Waals surface area contributed by atoms with Gasteiger partial charge in [-0.15, -0.1) is 0 Å². The lowest BCUT2D eigenvalue weighted by Crippen LogP contribution is -2.49. The molecule has 0 aliphatic carbocycles. The largest absolute Gasteiger partial charge is 0.448 e. The Labute approximate surface area is 178 Å². The number of carbonyl (C=O) groups is 2. The summed E-state index contributed by atoms with van der Waals surface area (Å²) in [5.41, 5.74) is 3.30. The molecule has 2 amide bonds. The van der Waals surface area contributed by atoms with Crippen molar-refractivity contribution in [2.24, 2.45) is 0 Å². The Bertz CT molecular complexity index is 811. The summed E-state index contributed by atoms with van der Waals surface area (Å²) in [5.74, 6) is 0. The van der Waals surface area contributed by atoms with Crippen LogP contribution in [0.4, 0.5) is 9.59 Å². The Morgan fingerprint density at radius 2 is 1.67 bits per heavy atom. The second kappa shape index (κ2) is 11.2. The van der Waals surface area contributed by atoms with Gasteiger partial charge in [-0.05, 0) is 56.9 Å². The fraction of sp³-hybridized carbons (Fsp3) is 0.522. The van der Waals surface area contributed by atoms with Crippen molar-refractivity contribution < 1.29 is 19.1 Å². The molecule has 0 saturated carbocycles. The number of nitrogens with zero attached hydrogens (tertiary/aromatic N) is 3. The Morgan fingerprint density at radius 1 is 1.03 bits per heavy atom. The molecule has 0 aromatic heterocycles. The third-order valence-corrected chi connectivity index (χ3v) is 5.11. The van der Waals surface area contributed by atoms with Gasteiger partial charge in [0.15, 0.2) is 0 Å². The number of rotatable bonds is 8. The molecule has 0 unspecified atom stereocenters. The number of carbonyl (C=O) groups excluding carboxylic acids is 2. The first-order valence-corrected chi connectivity index (χ1v) is 10.6. The van der Waals surface area contributed by atoms with Crippen LogP contribution in [-0.2, 0) is 15.9 Å². The van der Waals surface area contributed by atoms with Crippen LogP contribution in [0.1, 0.15) is 64.5 Å². The van der Waals surface area contributed by atoms with Crippen LogP contribution in [0.3, 0.4) is 0 Å². The third-order valence-electron chi connectivity index (χ3n) is 5.11. The van der Waals surface area contributed by atoms with Crippen LogP contribution < -0.4 is 0 Å². The van der Waals surface area contributed by atoms with Crippen molar-refractivity contribution in [1.29, 1.82) is 5.26 Å². The van der Waals surface area contributed by atoms with E-state index in [4.69, 9.17) is 14.7 Å². The highest BCUT2D eigenvalue weighted by Crippen LogP contribution is 2.36. The maximum Gasteiger partial charge on any atom is 0.433 e. The van der Waals surface area contributed by atoms with Gasteiger partial charge in [-0.3, -0.25) is 0 Å². The zero-order valence-electron chi connectivity index (χ0n) is 18.3. The highest BCUT2D eigenvalue weighted by atomic mass is 16.6. The molecule has 7 heteroatoms. The zero-order valence-corrected chi connectivity index (χ0v) is 18.3. The van der Waals surface area contributed by atoms with Crippen LogP contribution in [0, 0.1) is 11.3 Å². The molecular formula is C23H31N3O4. The van der Waals surface area contributed by atoms with E-state index in [0.29, 0.717) is 12.0 Å². The summed E-state index contributed by atoms with van der Waals surface area (Å²) >= 11 is 0. The zero-order chi connectivity index (χ0) is 22.1. The Morgan fingerprint density at radius 3 is 2.23 bits per heavy atom. The molecule has 0 spiro atoms. The van der Waals surface area contributed by atoms with E-state index in [0.717, 1.165) is 42.5 Å². The predicted octanol–water partition coefficient (Wildman–Crippen LogP) is 5.17. The average Bonchev–Trinajstić information content (AvgIpc) is 3.01. The van der Waals surface area contributed by atoms with E-state index in [2.05, 4.69) is 13.0 Å². The summed E-state index contributed by atoms with van der Waals surface area (Å²) in [6.45, 7) is 7.94. The van der Waals surface area contributed by atoms with Crippen molar-refractivity contribution in [3.05, 3.63) is 46.7 Å². The number of allylic oxidation sites excluding steroid dienone is 1. The van der Waals surface area contributed by atoms with Gasteiger partial charge < -0.3 is 9.47 Å². The van der Waals surface area contributed by atoms with Crippen LogP contribution >= 0.6 is 0 Å². The minimum absolute atomic E-state index is 0.204. The molecule has 2 rings (SSSR count). The lowest BCUT2D eigenvalue weighted by Gasteiger charge is -2.31. The van der Waals surface area contributed by atoms with Crippen LogP contribution in [0.15, 0.2) is 35.5 Å². The molecule has 1 heterocycles. The molecule has 0 bridgehead atoms. The molecule has 162 valence electrons. The van der Waals surface area contributed by atoms with Crippen LogP contribution in [-0.4, -0.2) is 41.5 Å². The molecule has 1 atom stereocenters. The summed E-state index contributed by atoms with van der Waals surface area (Å²) in [7, 11) is 0. The Kier molecular flexibility index (Phi) is 8.72. The molecule has 0 fully saturated rings. The van der Waals surface area contributed by atoms with E-state index in [1.165, 1.54) is 10.0 Å². The smallest absolute Gasteiger partial charge is 0.433 e. The fourth-order valence-electron chi connectivity index (χ4n) is 3.64. The van der Waals surface area contributed by atoms with Crippen molar-refractivity contribution in [2.75, 3.05) is 13.2 Å². The van der Waals surface area contributed by atoms with E-state index in [1.54, 1.807) is 26.0 Å². The summed E-state index contributed by atoms with van der Waals surface area (Å²) in [5, 5.41) is 11.7. The molecule has 1 aliphatic rings. The highest BCUT2D eigenvalue weighted by Gasteiger charge is 2.43. The van der Waals surface area contributed by atoms with Crippen LogP contribution in [0.5, 0.6) is 0 Å². The quantitative estimate of drug-likeness (QED) is 0.549. The van der Waals surface area contributed by atoms with Gasteiger partial charge in [0.05, 0.1) is 36.6 Å². The van der Waals surface area contributed by atoms with E-state index in [-0.39, 0.29) is 19.3 Å². The number of nitriles is 1. The summed E-state index contributed by atoms with van der Waals surface area (Å²) in [4.78, 5) is 25.6. The molecule has 30 heavy (non-hydrogen) atoms. The molecule has 0 radical (unpaired) electrons. The van der Waals surface area contributed by atoms with Crippen LogP contribution in [0.2, 0.25) is 0 Å². The van der Waals surface area contributed by atoms with Gasteiger partial charge in [0, 0.05) is 6.42 Å². The van der Waals surface area contributed by atoms with Gasteiger partial charge in [-0.2, -0.15) is 10.3 Å². The van der Waals surface area contributed by atoms with Crippen molar-refractivity contribution >= 4 is 12.2 Å². The topological polar surface area (TPSA) is 82.9 Å². The summed E-state index contributed by atoms with van der Waals surface area (Å²) in [6.07, 6.45) is 3.20. The van der Waals surface area contributed by atoms with Gasteiger partial charge in [0.25, 0.3) is 0 Å². The van der Waals surface area contributed by atoms with Crippen molar-refractivity contribution in [2.45, 2.75) is 65.8 Å². The van der Waals surface area contributed by atoms with Gasteiger partial charge in [-0.25, -0.2) is 14.6 Å². The Balaban J connectivity index is 2.46. The Hall–Kier alpha value is -3.01.